The van der Waals surface area contributed by atoms with Gasteiger partial charge in [-0.05, 0) is 61.4 Å². The summed E-state index contributed by atoms with van der Waals surface area (Å²) in [5, 5.41) is 8.63. The van der Waals surface area contributed by atoms with Crippen molar-refractivity contribution in [2.45, 2.75) is 84.5 Å². The number of hydrogen-bond acceptors (Lipinski definition) is 2. The lowest BCUT2D eigenvalue weighted by atomic mass is 9.78. The van der Waals surface area contributed by atoms with Crippen molar-refractivity contribution in [1.29, 1.82) is 0 Å². The lowest BCUT2D eigenvalue weighted by molar-refractivity contribution is 0.248. The second-order valence-electron chi connectivity index (χ2n) is 8.67. The Morgan fingerprint density at radius 1 is 0.893 bits per heavy atom. The third kappa shape index (κ3) is 6.12. The molecule has 0 aliphatic heterocycles. The highest BCUT2D eigenvalue weighted by molar-refractivity contribution is 5.59. The SMILES string of the molecule is CCCCCCC1CCC(CCc2ccc(-c3ccc(C)cc3F)nn2)CC1. The maximum absolute atomic E-state index is 14.1. The number of unbranched alkanes of at least 4 members (excludes halogenated alkanes) is 3. The maximum atomic E-state index is 14.1. The number of aromatic nitrogens is 2. The van der Waals surface area contributed by atoms with Gasteiger partial charge in [-0.1, -0.05) is 70.8 Å². The minimum Gasteiger partial charge on any atom is -0.206 e. The van der Waals surface area contributed by atoms with E-state index < -0.39 is 0 Å². The Balaban J connectivity index is 1.42. The van der Waals surface area contributed by atoms with Gasteiger partial charge in [0.15, 0.2) is 0 Å². The van der Waals surface area contributed by atoms with E-state index in [0.717, 1.165) is 29.5 Å². The zero-order valence-electron chi connectivity index (χ0n) is 17.6. The van der Waals surface area contributed by atoms with Crippen LogP contribution < -0.4 is 0 Å². The molecule has 1 aromatic heterocycles. The summed E-state index contributed by atoms with van der Waals surface area (Å²) in [6.07, 6.45) is 14.8. The fraction of sp³-hybridized carbons (Fsp3) is 0.600. The summed E-state index contributed by atoms with van der Waals surface area (Å²) in [4.78, 5) is 0. The molecule has 152 valence electrons. The molecule has 1 aliphatic rings. The molecule has 0 amide bonds. The van der Waals surface area contributed by atoms with Crippen molar-refractivity contribution >= 4 is 0 Å². The molecule has 1 aromatic carbocycles. The van der Waals surface area contributed by atoms with Gasteiger partial charge in [-0.25, -0.2) is 4.39 Å². The summed E-state index contributed by atoms with van der Waals surface area (Å²) in [7, 11) is 0. The molecule has 0 unspecified atom stereocenters. The van der Waals surface area contributed by atoms with Crippen LogP contribution in [0.5, 0.6) is 0 Å². The Labute approximate surface area is 170 Å². The van der Waals surface area contributed by atoms with Gasteiger partial charge in [-0.2, -0.15) is 10.2 Å². The third-order valence-corrected chi connectivity index (χ3v) is 6.36. The van der Waals surface area contributed by atoms with E-state index in [1.54, 1.807) is 12.1 Å². The number of rotatable bonds is 9. The highest BCUT2D eigenvalue weighted by Crippen LogP contribution is 2.34. The van der Waals surface area contributed by atoms with Crippen LogP contribution in [0.3, 0.4) is 0 Å². The van der Waals surface area contributed by atoms with Crippen molar-refractivity contribution < 1.29 is 4.39 Å². The van der Waals surface area contributed by atoms with Crippen molar-refractivity contribution in [1.82, 2.24) is 10.2 Å². The highest BCUT2D eigenvalue weighted by atomic mass is 19.1. The molecule has 3 rings (SSSR count). The maximum Gasteiger partial charge on any atom is 0.132 e. The second-order valence-corrected chi connectivity index (χ2v) is 8.67. The topological polar surface area (TPSA) is 25.8 Å². The lowest BCUT2D eigenvalue weighted by Crippen LogP contribution is -2.15. The van der Waals surface area contributed by atoms with Gasteiger partial charge in [0.05, 0.1) is 11.4 Å². The normalized spacial score (nSPS) is 19.7. The van der Waals surface area contributed by atoms with Crippen LogP contribution >= 0.6 is 0 Å². The van der Waals surface area contributed by atoms with Crippen LogP contribution in [0.2, 0.25) is 0 Å². The largest absolute Gasteiger partial charge is 0.206 e. The monoisotopic (exact) mass is 382 g/mol. The molecule has 1 aliphatic carbocycles. The minimum absolute atomic E-state index is 0.228. The third-order valence-electron chi connectivity index (χ3n) is 6.36. The van der Waals surface area contributed by atoms with Gasteiger partial charge in [-0.15, -0.1) is 0 Å². The van der Waals surface area contributed by atoms with Crippen LogP contribution in [-0.2, 0) is 6.42 Å². The van der Waals surface area contributed by atoms with Crippen LogP contribution in [0.15, 0.2) is 30.3 Å². The lowest BCUT2D eigenvalue weighted by Gasteiger charge is -2.28. The van der Waals surface area contributed by atoms with Crippen molar-refractivity contribution in [3.63, 3.8) is 0 Å². The van der Waals surface area contributed by atoms with Crippen molar-refractivity contribution in [3.8, 4) is 11.3 Å². The molecular weight excluding hydrogens is 347 g/mol. The van der Waals surface area contributed by atoms with Crippen LogP contribution in [0.1, 0.15) is 82.4 Å². The van der Waals surface area contributed by atoms with Crippen molar-refractivity contribution in [3.05, 3.63) is 47.4 Å². The van der Waals surface area contributed by atoms with E-state index >= 15 is 0 Å². The van der Waals surface area contributed by atoms with Gasteiger partial charge >= 0.3 is 0 Å². The van der Waals surface area contributed by atoms with E-state index in [1.165, 1.54) is 64.2 Å². The summed E-state index contributed by atoms with van der Waals surface area (Å²) in [5.74, 6) is 1.58. The molecule has 2 nitrogen and oxygen atoms in total. The quantitative estimate of drug-likeness (QED) is 0.425. The Morgan fingerprint density at radius 2 is 1.64 bits per heavy atom. The van der Waals surface area contributed by atoms with Gasteiger partial charge in [-0.3, -0.25) is 0 Å². The molecule has 1 fully saturated rings. The summed E-state index contributed by atoms with van der Waals surface area (Å²) < 4.78 is 14.1. The standard InChI is InChI=1S/C25H35FN2/c1-3-4-5-6-7-20-9-11-21(12-10-20)13-14-22-15-17-25(28-27-22)23-16-8-19(2)18-24(23)26/h8,15-18,20-21H,3-7,9-14H2,1-2H3. The summed E-state index contributed by atoms with van der Waals surface area (Å²) in [6, 6.07) is 9.17. The van der Waals surface area contributed by atoms with Gasteiger partial charge < -0.3 is 0 Å². The molecule has 28 heavy (non-hydrogen) atoms. The minimum atomic E-state index is -0.228. The zero-order valence-corrected chi connectivity index (χ0v) is 17.6. The van der Waals surface area contributed by atoms with Crippen LogP contribution in [-0.4, -0.2) is 10.2 Å². The highest BCUT2D eigenvalue weighted by Gasteiger charge is 2.20. The summed E-state index contributed by atoms with van der Waals surface area (Å²) >= 11 is 0. The Bertz CT molecular complexity index is 718. The molecule has 2 aromatic rings. The van der Waals surface area contributed by atoms with E-state index in [4.69, 9.17) is 0 Å². The first-order valence-corrected chi connectivity index (χ1v) is 11.2. The average Bonchev–Trinajstić information content (AvgIpc) is 2.71. The predicted molar refractivity (Wildman–Crippen MR) is 115 cm³/mol. The number of hydrogen-bond donors (Lipinski definition) is 0. The molecule has 0 spiro atoms. The van der Waals surface area contributed by atoms with Crippen molar-refractivity contribution in [2.24, 2.45) is 11.8 Å². The fourth-order valence-corrected chi connectivity index (χ4v) is 4.49. The van der Waals surface area contributed by atoms with E-state index in [0.29, 0.717) is 11.3 Å². The Morgan fingerprint density at radius 3 is 2.29 bits per heavy atom. The number of halogens is 1. The smallest absolute Gasteiger partial charge is 0.132 e. The van der Waals surface area contributed by atoms with Gasteiger partial charge in [0.2, 0.25) is 0 Å². The summed E-state index contributed by atoms with van der Waals surface area (Å²) in [5.41, 5.74) is 3.09. The summed E-state index contributed by atoms with van der Waals surface area (Å²) in [6.45, 7) is 4.17. The van der Waals surface area contributed by atoms with Gasteiger partial charge in [0.25, 0.3) is 0 Å². The first-order chi connectivity index (χ1) is 13.7. The van der Waals surface area contributed by atoms with E-state index in [-0.39, 0.29) is 5.82 Å². The average molecular weight is 383 g/mol. The predicted octanol–water partition coefficient (Wildman–Crippen LogP) is 7.30. The molecule has 0 saturated heterocycles. The number of nitrogens with zero attached hydrogens (tertiary/aromatic N) is 2. The number of benzene rings is 1. The van der Waals surface area contributed by atoms with E-state index in [1.807, 2.05) is 25.1 Å². The van der Waals surface area contributed by atoms with Crippen LogP contribution in [0.4, 0.5) is 4.39 Å². The van der Waals surface area contributed by atoms with E-state index in [9.17, 15) is 4.39 Å². The van der Waals surface area contributed by atoms with Gasteiger partial charge in [0.1, 0.15) is 5.82 Å². The molecule has 0 N–H and O–H groups in total. The molecule has 3 heteroatoms. The fourth-order valence-electron chi connectivity index (χ4n) is 4.49. The molecule has 0 atom stereocenters. The van der Waals surface area contributed by atoms with Crippen molar-refractivity contribution in [2.75, 3.05) is 0 Å². The van der Waals surface area contributed by atoms with Gasteiger partial charge in [0, 0.05) is 5.56 Å². The Hall–Kier alpha value is -1.77. The molecule has 1 saturated carbocycles. The molecule has 0 radical (unpaired) electrons. The van der Waals surface area contributed by atoms with Crippen LogP contribution in [0, 0.1) is 24.6 Å². The Kier molecular flexibility index (Phi) is 8.00. The van der Waals surface area contributed by atoms with E-state index in [2.05, 4.69) is 17.1 Å². The molecular formula is C25H35FN2. The number of aryl methyl sites for hydroxylation is 2. The molecule has 1 heterocycles. The molecule has 0 bridgehead atoms. The first kappa shape index (κ1) is 21.0. The zero-order chi connectivity index (χ0) is 19.8. The second kappa shape index (κ2) is 10.7. The first-order valence-electron chi connectivity index (χ1n) is 11.2. The van der Waals surface area contributed by atoms with Crippen LogP contribution in [0.25, 0.3) is 11.3 Å².